The van der Waals surface area contributed by atoms with Gasteiger partial charge in [-0.05, 0) is 93.1 Å². The van der Waals surface area contributed by atoms with Crippen molar-refractivity contribution in [1.29, 1.82) is 0 Å². The van der Waals surface area contributed by atoms with E-state index in [1.807, 2.05) is 93.8 Å². The number of hydrogen-bond acceptors (Lipinski definition) is 4. The largest absolute Gasteiger partial charge is 0.322 e. The van der Waals surface area contributed by atoms with Crippen molar-refractivity contribution in [3.8, 4) is 11.1 Å². The Hall–Kier alpha value is -4.75. The number of rotatable bonds is 8. The van der Waals surface area contributed by atoms with Gasteiger partial charge < -0.3 is 15.1 Å². The van der Waals surface area contributed by atoms with Crippen LogP contribution in [-0.4, -0.2) is 56.4 Å². The van der Waals surface area contributed by atoms with Gasteiger partial charge >= 0.3 is 0 Å². The van der Waals surface area contributed by atoms with Crippen LogP contribution in [0.1, 0.15) is 32.7 Å². The van der Waals surface area contributed by atoms with Gasteiger partial charge in [0.25, 0.3) is 11.8 Å². The van der Waals surface area contributed by atoms with Crippen molar-refractivity contribution >= 4 is 34.8 Å². The molecule has 1 N–H and O–H groups in total. The number of amides is 3. The molecule has 7 heteroatoms. The van der Waals surface area contributed by atoms with Gasteiger partial charge in [0.1, 0.15) is 6.54 Å². The highest BCUT2D eigenvalue weighted by Crippen LogP contribution is 2.34. The van der Waals surface area contributed by atoms with Crippen molar-refractivity contribution < 1.29 is 14.4 Å². The van der Waals surface area contributed by atoms with Crippen molar-refractivity contribution in [1.82, 2.24) is 4.90 Å². The number of anilines is 3. The lowest BCUT2D eigenvalue weighted by molar-refractivity contribution is -0.117. The topological polar surface area (TPSA) is 73.0 Å². The Morgan fingerprint density at radius 1 is 0.805 bits per heavy atom. The zero-order chi connectivity index (χ0) is 28.9. The van der Waals surface area contributed by atoms with Gasteiger partial charge in [0, 0.05) is 23.4 Å². The summed E-state index contributed by atoms with van der Waals surface area (Å²) in [4.78, 5) is 45.3. The van der Waals surface area contributed by atoms with Gasteiger partial charge in [-0.3, -0.25) is 19.3 Å². The summed E-state index contributed by atoms with van der Waals surface area (Å²) < 4.78 is 0. The summed E-state index contributed by atoms with van der Waals surface area (Å²) in [7, 11) is 4.01. The molecule has 0 bridgehead atoms. The predicted molar refractivity (Wildman–Crippen MR) is 165 cm³/mol. The van der Waals surface area contributed by atoms with E-state index in [1.165, 1.54) is 4.90 Å². The molecule has 3 amide bonds. The second-order valence-corrected chi connectivity index (χ2v) is 10.5. The third kappa shape index (κ3) is 6.05. The average Bonchev–Trinajstić information content (AvgIpc) is 2.98. The van der Waals surface area contributed by atoms with Crippen molar-refractivity contribution in [3.63, 3.8) is 0 Å². The molecule has 41 heavy (non-hydrogen) atoms. The molecule has 0 saturated heterocycles. The van der Waals surface area contributed by atoms with Gasteiger partial charge in [-0.15, -0.1) is 0 Å². The van der Waals surface area contributed by atoms with E-state index in [4.69, 9.17) is 0 Å². The molecule has 0 spiro atoms. The Balaban J connectivity index is 1.32. The van der Waals surface area contributed by atoms with E-state index >= 15 is 0 Å². The van der Waals surface area contributed by atoms with E-state index in [2.05, 4.69) is 10.2 Å². The minimum absolute atomic E-state index is 0.0218. The maximum atomic E-state index is 13.6. The van der Waals surface area contributed by atoms with Gasteiger partial charge in [-0.25, -0.2) is 0 Å². The number of carbonyl (C=O) groups is 3. The van der Waals surface area contributed by atoms with Crippen molar-refractivity contribution in [2.24, 2.45) is 0 Å². The summed E-state index contributed by atoms with van der Waals surface area (Å²) in [5.74, 6) is -0.596. The van der Waals surface area contributed by atoms with Crippen molar-refractivity contribution in [2.75, 3.05) is 48.8 Å². The van der Waals surface area contributed by atoms with Crippen LogP contribution in [0.4, 0.5) is 17.1 Å². The SMILES string of the molecule is Cc1ccccc1-c1ccccc1C(=O)Nc1ccc(C(=O)N2CC(=O)N(CCCN(C)C)c3ccccc32)cc1. The zero-order valence-corrected chi connectivity index (χ0v) is 23.6. The highest BCUT2D eigenvalue weighted by molar-refractivity contribution is 6.16. The molecule has 0 atom stereocenters. The summed E-state index contributed by atoms with van der Waals surface area (Å²) >= 11 is 0. The smallest absolute Gasteiger partial charge is 0.258 e. The summed E-state index contributed by atoms with van der Waals surface area (Å²) in [5, 5.41) is 2.96. The van der Waals surface area contributed by atoms with Gasteiger partial charge in [0.15, 0.2) is 0 Å². The van der Waals surface area contributed by atoms with E-state index in [-0.39, 0.29) is 24.3 Å². The van der Waals surface area contributed by atoms with Gasteiger partial charge in [0.2, 0.25) is 5.91 Å². The Bertz CT molecular complexity index is 1580. The van der Waals surface area contributed by atoms with Crippen molar-refractivity contribution in [2.45, 2.75) is 13.3 Å². The van der Waals surface area contributed by atoms with Gasteiger partial charge in [-0.2, -0.15) is 0 Å². The Morgan fingerprint density at radius 3 is 2.15 bits per heavy atom. The molecule has 0 aromatic heterocycles. The minimum atomic E-state index is -0.262. The zero-order valence-electron chi connectivity index (χ0n) is 23.6. The van der Waals surface area contributed by atoms with E-state index in [9.17, 15) is 14.4 Å². The Kier molecular flexibility index (Phi) is 8.26. The lowest BCUT2D eigenvalue weighted by atomic mass is 9.95. The van der Waals surface area contributed by atoms with Crippen LogP contribution in [0.5, 0.6) is 0 Å². The Morgan fingerprint density at radius 2 is 1.44 bits per heavy atom. The molecule has 7 nitrogen and oxygen atoms in total. The minimum Gasteiger partial charge on any atom is -0.322 e. The number of nitrogens with one attached hydrogen (secondary N) is 1. The molecule has 0 aliphatic carbocycles. The van der Waals surface area contributed by atoms with Crippen LogP contribution in [0, 0.1) is 6.92 Å². The van der Waals surface area contributed by atoms with Crippen LogP contribution >= 0.6 is 0 Å². The van der Waals surface area contributed by atoms with Crippen LogP contribution in [0.25, 0.3) is 11.1 Å². The Labute approximate surface area is 241 Å². The number of carbonyl (C=O) groups excluding carboxylic acids is 3. The number of aryl methyl sites for hydroxylation is 1. The highest BCUT2D eigenvalue weighted by Gasteiger charge is 2.32. The second-order valence-electron chi connectivity index (χ2n) is 10.5. The molecule has 1 aliphatic rings. The maximum Gasteiger partial charge on any atom is 0.258 e. The molecular formula is C34H34N4O3. The number of hydrogen-bond donors (Lipinski definition) is 1. The summed E-state index contributed by atoms with van der Waals surface area (Å²) in [6.45, 7) is 3.47. The molecule has 0 radical (unpaired) electrons. The number of fused-ring (bicyclic) bond motifs is 1. The lowest BCUT2D eigenvalue weighted by Crippen LogP contribution is -2.48. The molecule has 4 aromatic rings. The van der Waals surface area contributed by atoms with Gasteiger partial charge in [0.05, 0.1) is 11.4 Å². The molecule has 0 saturated carbocycles. The fraction of sp³-hybridized carbons (Fsp3) is 0.206. The molecule has 0 unspecified atom stereocenters. The van der Waals surface area contributed by atoms with E-state index in [0.717, 1.165) is 35.3 Å². The van der Waals surface area contributed by atoms with E-state index in [0.29, 0.717) is 29.0 Å². The fourth-order valence-electron chi connectivity index (χ4n) is 5.17. The first kappa shape index (κ1) is 27.8. The molecular weight excluding hydrogens is 512 g/mol. The molecule has 1 aliphatic heterocycles. The first-order valence-electron chi connectivity index (χ1n) is 13.8. The normalized spacial score (nSPS) is 12.8. The molecule has 0 fully saturated rings. The molecule has 1 heterocycles. The van der Waals surface area contributed by atoms with Crippen LogP contribution in [0.2, 0.25) is 0 Å². The summed E-state index contributed by atoms with van der Waals surface area (Å²) in [6, 6.07) is 29.8. The number of nitrogens with zero attached hydrogens (tertiary/aromatic N) is 3. The first-order valence-corrected chi connectivity index (χ1v) is 13.8. The van der Waals surface area contributed by atoms with E-state index < -0.39 is 0 Å². The van der Waals surface area contributed by atoms with Crippen molar-refractivity contribution in [3.05, 3.63) is 114 Å². The van der Waals surface area contributed by atoms with Crippen LogP contribution in [0.15, 0.2) is 97.1 Å². The number of para-hydroxylation sites is 2. The highest BCUT2D eigenvalue weighted by atomic mass is 16.2. The first-order chi connectivity index (χ1) is 19.8. The molecule has 4 aromatic carbocycles. The second kappa shape index (κ2) is 12.2. The predicted octanol–water partition coefficient (Wildman–Crippen LogP) is 5.86. The number of benzene rings is 4. The lowest BCUT2D eigenvalue weighted by Gasteiger charge is -2.36. The van der Waals surface area contributed by atoms with E-state index in [1.54, 1.807) is 29.2 Å². The van der Waals surface area contributed by atoms with Gasteiger partial charge in [-0.1, -0.05) is 54.6 Å². The molecule has 5 rings (SSSR count). The molecule has 208 valence electrons. The fourth-order valence-corrected chi connectivity index (χ4v) is 5.17. The summed E-state index contributed by atoms with van der Waals surface area (Å²) in [6.07, 6.45) is 0.837. The quantitative estimate of drug-likeness (QED) is 0.301. The third-order valence-electron chi connectivity index (χ3n) is 7.29. The standard InChI is InChI=1S/C34H34N4O3/c1-24-11-4-5-12-27(24)28-13-6-7-14-29(28)33(40)35-26-19-17-25(18-20-26)34(41)38-23-32(39)37(22-10-21-36(2)3)30-15-8-9-16-31(30)38/h4-9,11-20H,10,21-23H2,1-3H3,(H,35,40). The van der Waals surface area contributed by atoms with Crippen LogP contribution < -0.4 is 15.1 Å². The third-order valence-corrected chi connectivity index (χ3v) is 7.29. The summed E-state index contributed by atoms with van der Waals surface area (Å²) in [5.41, 5.74) is 6.00. The van der Waals surface area contributed by atoms with Crippen LogP contribution in [-0.2, 0) is 4.79 Å². The monoisotopic (exact) mass is 546 g/mol. The van der Waals surface area contributed by atoms with Crippen LogP contribution in [0.3, 0.4) is 0 Å². The average molecular weight is 547 g/mol. The maximum absolute atomic E-state index is 13.6.